The SMILES string of the molecule is Cc1ccnc2nc(S(=O)(=O)Nc3ccccc3C(F)(F)F)nn12. The van der Waals surface area contributed by atoms with E-state index in [-0.39, 0.29) is 5.78 Å². The third-order valence-electron chi connectivity index (χ3n) is 3.13. The van der Waals surface area contributed by atoms with Crippen LogP contribution in [0.3, 0.4) is 0 Å². The molecule has 3 rings (SSSR count). The number of anilines is 1. The Balaban J connectivity index is 2.04. The van der Waals surface area contributed by atoms with Crippen molar-refractivity contribution < 1.29 is 21.6 Å². The van der Waals surface area contributed by atoms with Gasteiger partial charge >= 0.3 is 6.18 Å². The number of aromatic nitrogens is 4. The fraction of sp³-hybridized carbons (Fsp3) is 0.154. The summed E-state index contributed by atoms with van der Waals surface area (Å²) >= 11 is 0. The summed E-state index contributed by atoms with van der Waals surface area (Å²) in [6.07, 6.45) is -3.29. The van der Waals surface area contributed by atoms with Crippen LogP contribution in [0.2, 0.25) is 0 Å². The molecule has 0 fully saturated rings. The summed E-state index contributed by atoms with van der Waals surface area (Å²) < 4.78 is 66.6. The van der Waals surface area contributed by atoms with Crippen LogP contribution in [0.15, 0.2) is 41.7 Å². The molecule has 1 aromatic carbocycles. The van der Waals surface area contributed by atoms with Crippen molar-refractivity contribution in [2.45, 2.75) is 18.3 Å². The second-order valence-electron chi connectivity index (χ2n) is 4.84. The molecule has 0 aliphatic carbocycles. The van der Waals surface area contributed by atoms with Crippen LogP contribution in [0.25, 0.3) is 5.78 Å². The lowest BCUT2D eigenvalue weighted by Gasteiger charge is -2.13. The van der Waals surface area contributed by atoms with Gasteiger partial charge in [0, 0.05) is 11.9 Å². The Morgan fingerprint density at radius 2 is 1.88 bits per heavy atom. The van der Waals surface area contributed by atoms with E-state index >= 15 is 0 Å². The second kappa shape index (κ2) is 5.44. The van der Waals surface area contributed by atoms with Crippen LogP contribution in [-0.4, -0.2) is 28.0 Å². The molecule has 0 aliphatic rings. The third kappa shape index (κ3) is 2.89. The third-order valence-corrected chi connectivity index (χ3v) is 4.27. The molecule has 0 atom stereocenters. The predicted octanol–water partition coefficient (Wildman–Crippen LogP) is 2.25. The molecule has 24 heavy (non-hydrogen) atoms. The number of nitrogens with one attached hydrogen (secondary N) is 1. The van der Waals surface area contributed by atoms with E-state index in [4.69, 9.17) is 0 Å². The quantitative estimate of drug-likeness (QED) is 0.777. The smallest absolute Gasteiger partial charge is 0.276 e. The Bertz CT molecular complexity index is 1010. The molecular formula is C13H10F3N5O2S. The lowest BCUT2D eigenvalue weighted by atomic mass is 10.2. The first-order valence-corrected chi connectivity index (χ1v) is 8.04. The van der Waals surface area contributed by atoms with Gasteiger partial charge in [-0.25, -0.2) is 9.50 Å². The molecule has 126 valence electrons. The summed E-state index contributed by atoms with van der Waals surface area (Å²) in [6, 6.07) is 5.83. The molecule has 0 aliphatic heterocycles. The lowest BCUT2D eigenvalue weighted by molar-refractivity contribution is -0.136. The predicted molar refractivity (Wildman–Crippen MR) is 77.8 cm³/mol. The van der Waals surface area contributed by atoms with Crippen molar-refractivity contribution in [3.63, 3.8) is 0 Å². The maximum Gasteiger partial charge on any atom is 0.418 e. The number of hydrogen-bond donors (Lipinski definition) is 1. The average molecular weight is 357 g/mol. The number of nitrogens with zero attached hydrogens (tertiary/aromatic N) is 4. The maximum atomic E-state index is 13.0. The highest BCUT2D eigenvalue weighted by molar-refractivity contribution is 7.92. The van der Waals surface area contributed by atoms with E-state index < -0.39 is 32.6 Å². The van der Waals surface area contributed by atoms with Crippen molar-refractivity contribution in [1.29, 1.82) is 0 Å². The molecule has 11 heteroatoms. The molecule has 1 N–H and O–H groups in total. The van der Waals surface area contributed by atoms with Crippen molar-refractivity contribution in [2.24, 2.45) is 0 Å². The maximum absolute atomic E-state index is 13.0. The van der Waals surface area contributed by atoms with Gasteiger partial charge in [-0.3, -0.25) is 4.72 Å². The molecule has 0 unspecified atom stereocenters. The minimum absolute atomic E-state index is 0.0273. The molecule has 2 heterocycles. The van der Waals surface area contributed by atoms with Crippen molar-refractivity contribution >= 4 is 21.5 Å². The zero-order chi connectivity index (χ0) is 17.5. The van der Waals surface area contributed by atoms with E-state index in [2.05, 4.69) is 15.1 Å². The Morgan fingerprint density at radius 3 is 2.54 bits per heavy atom. The van der Waals surface area contributed by atoms with E-state index in [0.29, 0.717) is 5.69 Å². The van der Waals surface area contributed by atoms with E-state index in [1.807, 2.05) is 4.72 Å². The van der Waals surface area contributed by atoms with Crippen molar-refractivity contribution in [3.05, 3.63) is 47.8 Å². The normalized spacial score (nSPS) is 12.5. The molecular weight excluding hydrogens is 347 g/mol. The fourth-order valence-electron chi connectivity index (χ4n) is 2.01. The standard InChI is InChI=1S/C13H10F3N5O2S/c1-8-6-7-17-11-18-12(19-21(8)11)24(22,23)20-10-5-3-2-4-9(10)13(14,15)16/h2-7,20H,1H3. The number of sulfonamides is 1. The zero-order valence-corrected chi connectivity index (χ0v) is 12.9. The molecule has 2 aromatic heterocycles. The zero-order valence-electron chi connectivity index (χ0n) is 12.1. The molecule has 0 saturated carbocycles. The van der Waals surface area contributed by atoms with Gasteiger partial charge in [-0.15, -0.1) is 5.10 Å². The van der Waals surface area contributed by atoms with E-state index in [9.17, 15) is 21.6 Å². The van der Waals surface area contributed by atoms with E-state index in [1.54, 1.807) is 13.0 Å². The molecule has 0 radical (unpaired) electrons. The minimum Gasteiger partial charge on any atom is -0.276 e. The van der Waals surface area contributed by atoms with Crippen LogP contribution in [0, 0.1) is 6.92 Å². The highest BCUT2D eigenvalue weighted by atomic mass is 32.2. The monoisotopic (exact) mass is 357 g/mol. The van der Waals surface area contributed by atoms with Crippen LogP contribution in [0.5, 0.6) is 0 Å². The van der Waals surface area contributed by atoms with Gasteiger partial charge in [0.15, 0.2) is 0 Å². The number of hydrogen-bond acceptors (Lipinski definition) is 5. The van der Waals surface area contributed by atoms with Crippen LogP contribution >= 0.6 is 0 Å². The Morgan fingerprint density at radius 1 is 1.17 bits per heavy atom. The van der Waals surface area contributed by atoms with Gasteiger partial charge in [-0.2, -0.15) is 26.6 Å². The molecule has 0 saturated heterocycles. The van der Waals surface area contributed by atoms with E-state index in [1.165, 1.54) is 16.8 Å². The average Bonchev–Trinajstić information content (AvgIpc) is 2.93. The van der Waals surface area contributed by atoms with Crippen LogP contribution in [-0.2, 0) is 16.2 Å². The number of halogens is 3. The summed E-state index contributed by atoms with van der Waals surface area (Å²) in [6.45, 7) is 1.66. The summed E-state index contributed by atoms with van der Waals surface area (Å²) in [5, 5.41) is 3.12. The lowest BCUT2D eigenvalue weighted by Crippen LogP contribution is -2.18. The molecule has 0 spiro atoms. The highest BCUT2D eigenvalue weighted by Crippen LogP contribution is 2.35. The summed E-state index contributed by atoms with van der Waals surface area (Å²) in [5.74, 6) is 0.0273. The summed E-state index contributed by atoms with van der Waals surface area (Å²) in [7, 11) is -4.41. The first-order valence-electron chi connectivity index (χ1n) is 6.56. The summed E-state index contributed by atoms with van der Waals surface area (Å²) in [4.78, 5) is 7.60. The van der Waals surface area contributed by atoms with Crippen molar-refractivity contribution in [2.75, 3.05) is 4.72 Å². The van der Waals surface area contributed by atoms with Crippen LogP contribution in [0.1, 0.15) is 11.3 Å². The number of alkyl halides is 3. The Labute approximate surface area is 134 Å². The largest absolute Gasteiger partial charge is 0.418 e. The van der Waals surface area contributed by atoms with Crippen molar-refractivity contribution in [3.8, 4) is 0 Å². The number of para-hydroxylation sites is 1. The van der Waals surface area contributed by atoms with Crippen LogP contribution < -0.4 is 4.72 Å². The van der Waals surface area contributed by atoms with Gasteiger partial charge in [-0.1, -0.05) is 12.1 Å². The Kier molecular flexibility index (Phi) is 3.67. The molecule has 0 bridgehead atoms. The van der Waals surface area contributed by atoms with Gasteiger partial charge in [-0.05, 0) is 25.1 Å². The summed E-state index contributed by atoms with van der Waals surface area (Å²) in [5.41, 5.74) is -1.13. The van der Waals surface area contributed by atoms with Gasteiger partial charge < -0.3 is 0 Å². The second-order valence-corrected chi connectivity index (χ2v) is 6.42. The van der Waals surface area contributed by atoms with Gasteiger partial charge in [0.25, 0.3) is 21.0 Å². The highest BCUT2D eigenvalue weighted by Gasteiger charge is 2.35. The molecule has 7 nitrogen and oxygen atoms in total. The number of rotatable bonds is 3. The topological polar surface area (TPSA) is 89.2 Å². The van der Waals surface area contributed by atoms with Gasteiger partial charge in [0.2, 0.25) is 0 Å². The first kappa shape index (κ1) is 16.2. The van der Waals surface area contributed by atoms with Crippen LogP contribution in [0.4, 0.5) is 18.9 Å². The Hall–Kier alpha value is -2.69. The first-order chi connectivity index (χ1) is 11.2. The minimum atomic E-state index is -4.70. The van der Waals surface area contributed by atoms with Crippen molar-refractivity contribution in [1.82, 2.24) is 19.6 Å². The van der Waals surface area contributed by atoms with Gasteiger partial charge in [0.1, 0.15) is 0 Å². The molecule has 0 amide bonds. The number of benzene rings is 1. The fourth-order valence-corrected chi connectivity index (χ4v) is 2.96. The molecule has 3 aromatic rings. The van der Waals surface area contributed by atoms with E-state index in [0.717, 1.165) is 18.2 Å². The number of aryl methyl sites for hydroxylation is 1. The number of fused-ring (bicyclic) bond motifs is 1. The van der Waals surface area contributed by atoms with Gasteiger partial charge in [0.05, 0.1) is 11.3 Å².